The Morgan fingerprint density at radius 1 is 0.200 bits per heavy atom. The van der Waals surface area contributed by atoms with Crippen LogP contribution in [-0.2, 0) is 0 Å². The topological polar surface area (TPSA) is 16.3 Å². The van der Waals surface area contributed by atoms with Crippen molar-refractivity contribution in [2.24, 2.45) is 0 Å². The van der Waals surface area contributed by atoms with Crippen LogP contribution in [0, 0.1) is 0 Å². The highest BCUT2D eigenvalue weighted by molar-refractivity contribution is 6.13. The molecule has 0 fully saturated rings. The third kappa shape index (κ3) is 8.09. The molecule has 0 amide bonds. The molecule has 15 aromatic rings. The summed E-state index contributed by atoms with van der Waals surface area (Å²) in [5, 5.41) is 7.19. The van der Waals surface area contributed by atoms with Gasteiger partial charge in [0.1, 0.15) is 0 Å². The van der Waals surface area contributed by atoms with Crippen LogP contribution < -0.4 is 9.80 Å². The normalized spacial score (nSPS) is 11.5. The summed E-state index contributed by atoms with van der Waals surface area (Å²) < 4.78 is 4.76. The van der Waals surface area contributed by atoms with Crippen molar-refractivity contribution < 1.29 is 0 Å². The van der Waals surface area contributed by atoms with Crippen LogP contribution in [0.5, 0.6) is 0 Å². The summed E-state index contributed by atoms with van der Waals surface area (Å²) in [7, 11) is 0. The molecular weight excluding hydrogens is 969 g/mol. The van der Waals surface area contributed by atoms with Gasteiger partial charge in [-0.3, -0.25) is 0 Å². The summed E-state index contributed by atoms with van der Waals surface area (Å²) in [4.78, 5) is 4.83. The van der Waals surface area contributed by atoms with E-state index in [1.807, 2.05) is 0 Å². The third-order valence-corrected chi connectivity index (χ3v) is 15.9. The maximum atomic E-state index is 2.44. The Labute approximate surface area is 465 Å². The first-order chi connectivity index (χ1) is 39.7. The van der Waals surface area contributed by atoms with Gasteiger partial charge in [0.2, 0.25) is 0 Å². The smallest absolute Gasteiger partial charge is 0.0542 e. The van der Waals surface area contributed by atoms with Gasteiger partial charge in [0.15, 0.2) is 0 Å². The summed E-state index contributed by atoms with van der Waals surface area (Å²) >= 11 is 0. The van der Waals surface area contributed by atoms with Crippen molar-refractivity contribution in [3.05, 3.63) is 315 Å². The lowest BCUT2D eigenvalue weighted by molar-refractivity contribution is 1.18. The number of rotatable bonds is 11. The molecule has 2 heterocycles. The first-order valence-electron chi connectivity index (χ1n) is 27.4. The third-order valence-electron chi connectivity index (χ3n) is 15.9. The van der Waals surface area contributed by atoms with Gasteiger partial charge < -0.3 is 18.9 Å². The Balaban J connectivity index is 0.854. The summed E-state index contributed by atoms with van der Waals surface area (Å²) in [5.74, 6) is 0. The summed E-state index contributed by atoms with van der Waals surface area (Å²) in [6, 6.07) is 115. The number of anilines is 6. The maximum Gasteiger partial charge on any atom is 0.0542 e. The second-order valence-corrected chi connectivity index (χ2v) is 20.5. The quantitative estimate of drug-likeness (QED) is 0.128. The lowest BCUT2D eigenvalue weighted by Crippen LogP contribution is -2.10. The van der Waals surface area contributed by atoms with E-state index in [1.165, 1.54) is 76.8 Å². The van der Waals surface area contributed by atoms with Gasteiger partial charge in [-0.1, -0.05) is 200 Å². The minimum Gasteiger partial charge on any atom is -0.310 e. The van der Waals surface area contributed by atoms with E-state index in [4.69, 9.17) is 0 Å². The highest BCUT2D eigenvalue weighted by Gasteiger charge is 2.22. The zero-order valence-corrected chi connectivity index (χ0v) is 43.8. The molecule has 0 aliphatic carbocycles. The Kier molecular flexibility index (Phi) is 11.5. The van der Waals surface area contributed by atoms with E-state index in [1.54, 1.807) is 0 Å². The first-order valence-corrected chi connectivity index (χ1v) is 27.4. The molecule has 4 heteroatoms. The molecule has 0 aliphatic rings. The number of para-hydroxylation sites is 4. The predicted molar refractivity (Wildman–Crippen MR) is 338 cm³/mol. The number of benzene rings is 13. The van der Waals surface area contributed by atoms with E-state index in [0.717, 1.165) is 56.4 Å². The summed E-state index contributed by atoms with van der Waals surface area (Å²) in [6.45, 7) is 0. The van der Waals surface area contributed by atoms with Crippen molar-refractivity contribution in [2.75, 3.05) is 9.80 Å². The molecule has 0 unspecified atom stereocenters. The fourth-order valence-electron chi connectivity index (χ4n) is 12.2. The van der Waals surface area contributed by atoms with Crippen LogP contribution in [0.25, 0.3) is 99.1 Å². The molecule has 0 spiro atoms. The van der Waals surface area contributed by atoms with Crippen LogP contribution >= 0.6 is 0 Å². The number of fused-ring (bicyclic) bond motifs is 7. The van der Waals surface area contributed by atoms with E-state index in [-0.39, 0.29) is 0 Å². The van der Waals surface area contributed by atoms with Crippen LogP contribution in [0.2, 0.25) is 0 Å². The Morgan fingerprint density at radius 2 is 0.550 bits per heavy atom. The van der Waals surface area contributed by atoms with Crippen molar-refractivity contribution >= 4 is 88.5 Å². The molecule has 0 atom stereocenters. The predicted octanol–water partition coefficient (Wildman–Crippen LogP) is 21.0. The van der Waals surface area contributed by atoms with Gasteiger partial charge in [-0.2, -0.15) is 0 Å². The molecule has 2 aromatic heterocycles. The monoisotopic (exact) mass is 1020 g/mol. The molecule has 0 aliphatic heterocycles. The van der Waals surface area contributed by atoms with E-state index < -0.39 is 0 Å². The average Bonchev–Trinajstić information content (AvgIpc) is 4.08. The average molecular weight is 1020 g/mol. The van der Waals surface area contributed by atoms with E-state index in [9.17, 15) is 0 Å². The molecule has 0 saturated heterocycles. The second kappa shape index (κ2) is 19.7. The molecule has 13 aromatic carbocycles. The van der Waals surface area contributed by atoms with Gasteiger partial charge in [0, 0.05) is 66.7 Å². The first kappa shape index (κ1) is 46.6. The minimum absolute atomic E-state index is 1.07. The van der Waals surface area contributed by atoms with Gasteiger partial charge in [-0.15, -0.1) is 0 Å². The van der Waals surface area contributed by atoms with Crippen LogP contribution in [-0.4, -0.2) is 9.13 Å². The van der Waals surface area contributed by atoms with Crippen LogP contribution in [0.15, 0.2) is 315 Å². The van der Waals surface area contributed by atoms with Crippen molar-refractivity contribution in [3.63, 3.8) is 0 Å². The van der Waals surface area contributed by atoms with Crippen LogP contribution in [0.3, 0.4) is 0 Å². The zero-order valence-electron chi connectivity index (χ0n) is 43.8. The standard InChI is InChI=1S/C76H52N4/c1-5-19-53(20-6-1)55-35-41-60(42-36-55)77(63-47-49-75-70(51-63)68-27-13-15-32-73(68)79(75)58-23-9-3-10-24-58)61-45-39-57(40-46-61)65-29-17-31-67-66(65)30-18-34-72(67)78(62-43-37-56(38-44-62)54-21-7-2-8-22-54)64-48-50-76-71(52-64)69-28-14-16-33-74(69)80(76)59-25-11-4-12-26-59/h1-52H. The lowest BCUT2D eigenvalue weighted by atomic mass is 9.96. The van der Waals surface area contributed by atoms with Crippen LogP contribution in [0.1, 0.15) is 0 Å². The fourth-order valence-corrected chi connectivity index (χ4v) is 12.2. The van der Waals surface area contributed by atoms with Gasteiger partial charge in [-0.25, -0.2) is 0 Å². The van der Waals surface area contributed by atoms with E-state index >= 15 is 0 Å². The van der Waals surface area contributed by atoms with Gasteiger partial charge in [0.05, 0.1) is 27.8 Å². The summed E-state index contributed by atoms with van der Waals surface area (Å²) in [6.07, 6.45) is 0. The van der Waals surface area contributed by atoms with E-state index in [2.05, 4.69) is 334 Å². The Morgan fingerprint density at radius 3 is 1.05 bits per heavy atom. The largest absolute Gasteiger partial charge is 0.310 e. The number of nitrogens with zero attached hydrogens (tertiary/aromatic N) is 4. The molecule has 4 nitrogen and oxygen atoms in total. The molecule has 80 heavy (non-hydrogen) atoms. The second-order valence-electron chi connectivity index (χ2n) is 20.5. The lowest BCUT2D eigenvalue weighted by Gasteiger charge is -2.28. The van der Waals surface area contributed by atoms with E-state index in [0.29, 0.717) is 0 Å². The number of aromatic nitrogens is 2. The highest BCUT2D eigenvalue weighted by atomic mass is 15.2. The van der Waals surface area contributed by atoms with Gasteiger partial charge in [-0.05, 0) is 154 Å². The Bertz CT molecular complexity index is 4720. The van der Waals surface area contributed by atoms with Crippen molar-refractivity contribution in [1.29, 1.82) is 0 Å². The molecule has 0 saturated carbocycles. The Hall–Kier alpha value is -10.7. The van der Waals surface area contributed by atoms with Crippen molar-refractivity contribution in [3.8, 4) is 44.8 Å². The van der Waals surface area contributed by atoms with Gasteiger partial charge >= 0.3 is 0 Å². The van der Waals surface area contributed by atoms with Gasteiger partial charge in [0.25, 0.3) is 0 Å². The van der Waals surface area contributed by atoms with Crippen molar-refractivity contribution in [2.45, 2.75) is 0 Å². The summed E-state index contributed by atoms with van der Waals surface area (Å²) in [5.41, 5.74) is 20.6. The maximum absolute atomic E-state index is 2.44. The molecule has 0 N–H and O–H groups in total. The zero-order chi connectivity index (χ0) is 52.9. The molecule has 376 valence electrons. The molecule has 0 radical (unpaired) electrons. The molecule has 15 rings (SSSR count). The molecule has 0 bridgehead atoms. The molecular formula is C76H52N4. The van der Waals surface area contributed by atoms with Crippen LogP contribution in [0.4, 0.5) is 34.1 Å². The highest BCUT2D eigenvalue weighted by Crippen LogP contribution is 2.46. The minimum atomic E-state index is 1.07. The fraction of sp³-hybridized carbons (Fsp3) is 0. The number of hydrogen-bond acceptors (Lipinski definition) is 2. The SMILES string of the molecule is c1ccc(-c2ccc(N(c3ccc(-c4cccc5c(N(c6ccc(-c7ccccc7)cc6)c6ccc7c(c6)c6ccccc6n7-c6ccccc6)cccc45)cc3)c3ccc4c(c3)c3ccccc3n4-c3ccccc3)cc2)cc1. The number of hydrogen-bond donors (Lipinski definition) is 0. The van der Waals surface area contributed by atoms with Crippen molar-refractivity contribution in [1.82, 2.24) is 9.13 Å².